The first-order valence-corrected chi connectivity index (χ1v) is 6.50. The summed E-state index contributed by atoms with van der Waals surface area (Å²) >= 11 is 0. The minimum atomic E-state index is -0.330. The van der Waals surface area contributed by atoms with Gasteiger partial charge >= 0.3 is 0 Å². The van der Waals surface area contributed by atoms with E-state index >= 15 is 0 Å². The van der Waals surface area contributed by atoms with Crippen molar-refractivity contribution in [3.05, 3.63) is 0 Å². The lowest BCUT2D eigenvalue weighted by molar-refractivity contribution is 0.119. The van der Waals surface area contributed by atoms with Crippen LogP contribution >= 0.6 is 0 Å². The fraction of sp³-hybridized carbons (Fsp3) is 1.00. The summed E-state index contributed by atoms with van der Waals surface area (Å²) in [6.45, 7) is 6.87. The Hall–Kier alpha value is -0.160. The van der Waals surface area contributed by atoms with E-state index in [0.717, 1.165) is 6.54 Å². The molecule has 3 unspecified atom stereocenters. The Kier molecular flexibility index (Phi) is 4.58. The Labute approximate surface area is 98.0 Å². The van der Waals surface area contributed by atoms with Crippen molar-refractivity contribution >= 4 is 0 Å². The number of hydrogen-bond acceptors (Lipinski definition) is 4. The molecule has 16 heavy (non-hydrogen) atoms. The molecular weight excluding hydrogens is 204 g/mol. The molecule has 2 rings (SSSR count). The van der Waals surface area contributed by atoms with Crippen LogP contribution in [0.3, 0.4) is 0 Å². The maximum Gasteiger partial charge on any atom is 0.0948 e. The molecule has 0 amide bonds. The Balaban J connectivity index is 1.68. The minimum Gasteiger partial charge on any atom is -0.389 e. The van der Waals surface area contributed by atoms with E-state index in [4.69, 9.17) is 4.74 Å². The number of aliphatic hydroxyl groups excluding tert-OH is 1. The van der Waals surface area contributed by atoms with Crippen molar-refractivity contribution in [2.24, 2.45) is 0 Å². The highest BCUT2D eigenvalue weighted by Gasteiger charge is 2.27. The lowest BCUT2D eigenvalue weighted by Crippen LogP contribution is -2.49. The van der Waals surface area contributed by atoms with Crippen molar-refractivity contribution < 1.29 is 9.84 Å². The number of ether oxygens (including phenoxy) is 1. The second-order valence-electron chi connectivity index (χ2n) is 5.14. The smallest absolute Gasteiger partial charge is 0.0948 e. The van der Waals surface area contributed by atoms with Gasteiger partial charge in [0.2, 0.25) is 0 Å². The lowest BCUT2D eigenvalue weighted by atomic mass is 10.1. The average molecular weight is 228 g/mol. The van der Waals surface area contributed by atoms with Gasteiger partial charge in [0.1, 0.15) is 0 Å². The molecule has 2 heterocycles. The van der Waals surface area contributed by atoms with E-state index in [9.17, 15) is 5.11 Å². The molecule has 0 bridgehead atoms. The summed E-state index contributed by atoms with van der Waals surface area (Å²) in [4.78, 5) is 2.52. The van der Waals surface area contributed by atoms with Crippen molar-refractivity contribution in [2.75, 3.05) is 32.8 Å². The highest BCUT2D eigenvalue weighted by Crippen LogP contribution is 2.10. The van der Waals surface area contributed by atoms with Gasteiger partial charge in [-0.15, -0.1) is 0 Å². The molecule has 2 aliphatic rings. The van der Waals surface area contributed by atoms with Gasteiger partial charge in [0.15, 0.2) is 0 Å². The predicted octanol–water partition coefficient (Wildman–Crippen LogP) is 0.210. The van der Waals surface area contributed by atoms with Crippen LogP contribution in [0.4, 0.5) is 0 Å². The van der Waals surface area contributed by atoms with Crippen LogP contribution in [-0.2, 0) is 4.74 Å². The third-order valence-corrected chi connectivity index (χ3v) is 3.53. The monoisotopic (exact) mass is 228 g/mol. The summed E-state index contributed by atoms with van der Waals surface area (Å²) in [7, 11) is 0. The zero-order valence-electron chi connectivity index (χ0n) is 10.2. The molecule has 2 aliphatic heterocycles. The molecule has 4 nitrogen and oxygen atoms in total. The number of piperidine rings is 1. The third kappa shape index (κ3) is 3.42. The van der Waals surface area contributed by atoms with Crippen LogP contribution in [0.15, 0.2) is 0 Å². The second kappa shape index (κ2) is 5.96. The Morgan fingerprint density at radius 1 is 1.31 bits per heavy atom. The van der Waals surface area contributed by atoms with Crippen molar-refractivity contribution in [3.8, 4) is 0 Å². The second-order valence-corrected chi connectivity index (χ2v) is 5.14. The summed E-state index contributed by atoms with van der Waals surface area (Å²) in [5.41, 5.74) is 0. The number of likely N-dealkylation sites (tertiary alicyclic amines) is 1. The maximum atomic E-state index is 9.64. The van der Waals surface area contributed by atoms with E-state index in [1.54, 1.807) is 0 Å². The first kappa shape index (κ1) is 12.3. The first-order chi connectivity index (χ1) is 7.75. The zero-order valence-corrected chi connectivity index (χ0v) is 10.2. The zero-order chi connectivity index (χ0) is 11.4. The first-order valence-electron chi connectivity index (χ1n) is 6.50. The molecule has 2 fully saturated rings. The Morgan fingerprint density at radius 3 is 2.69 bits per heavy atom. The summed E-state index contributed by atoms with van der Waals surface area (Å²) in [5, 5.41) is 13.1. The summed E-state index contributed by atoms with van der Waals surface area (Å²) in [6, 6.07) is 0.555. The van der Waals surface area contributed by atoms with Gasteiger partial charge in [-0.3, -0.25) is 0 Å². The van der Waals surface area contributed by atoms with Gasteiger partial charge in [-0.2, -0.15) is 0 Å². The number of hydrogen-bond donors (Lipinski definition) is 2. The molecule has 0 aromatic heterocycles. The van der Waals surface area contributed by atoms with Crippen LogP contribution in [0.2, 0.25) is 0 Å². The van der Waals surface area contributed by atoms with E-state index in [-0.39, 0.29) is 12.1 Å². The molecule has 4 heteroatoms. The number of nitrogens with zero attached hydrogens (tertiary/aromatic N) is 1. The lowest BCUT2D eigenvalue weighted by Gasteiger charge is -2.30. The average Bonchev–Trinajstić information content (AvgIpc) is 2.66. The van der Waals surface area contributed by atoms with Gasteiger partial charge in [0, 0.05) is 12.6 Å². The van der Waals surface area contributed by atoms with Gasteiger partial charge in [-0.1, -0.05) is 6.42 Å². The quantitative estimate of drug-likeness (QED) is 0.722. The normalized spacial score (nSPS) is 34.1. The van der Waals surface area contributed by atoms with Crippen LogP contribution < -0.4 is 5.32 Å². The molecule has 0 saturated carbocycles. The topological polar surface area (TPSA) is 44.7 Å². The molecule has 3 atom stereocenters. The van der Waals surface area contributed by atoms with Gasteiger partial charge < -0.3 is 20.1 Å². The highest BCUT2D eigenvalue weighted by molar-refractivity contribution is 4.84. The summed E-state index contributed by atoms with van der Waals surface area (Å²) < 4.78 is 5.23. The summed E-state index contributed by atoms with van der Waals surface area (Å²) in [6.07, 6.45) is 3.72. The van der Waals surface area contributed by atoms with Crippen LogP contribution in [0.5, 0.6) is 0 Å². The van der Waals surface area contributed by atoms with Crippen molar-refractivity contribution in [1.82, 2.24) is 10.2 Å². The number of rotatable bonds is 4. The van der Waals surface area contributed by atoms with Crippen molar-refractivity contribution in [2.45, 2.75) is 44.4 Å². The molecule has 0 spiro atoms. The van der Waals surface area contributed by atoms with E-state index in [1.165, 1.54) is 32.4 Å². The SMILES string of the molecule is CC(CN1CCCCC1)NC1COCC1O. The molecule has 0 radical (unpaired) electrons. The fourth-order valence-electron chi connectivity index (χ4n) is 2.65. The largest absolute Gasteiger partial charge is 0.389 e. The molecule has 94 valence electrons. The van der Waals surface area contributed by atoms with Crippen LogP contribution in [0, 0.1) is 0 Å². The predicted molar refractivity (Wildman–Crippen MR) is 63.5 cm³/mol. The van der Waals surface area contributed by atoms with Crippen LogP contribution in [-0.4, -0.2) is 61.0 Å². The van der Waals surface area contributed by atoms with Crippen LogP contribution in [0.25, 0.3) is 0 Å². The molecule has 0 aromatic rings. The summed E-state index contributed by atoms with van der Waals surface area (Å²) in [5.74, 6) is 0. The number of aliphatic hydroxyl groups is 1. The van der Waals surface area contributed by atoms with Gasteiger partial charge in [-0.25, -0.2) is 0 Å². The minimum absolute atomic E-state index is 0.125. The van der Waals surface area contributed by atoms with Gasteiger partial charge in [-0.05, 0) is 32.9 Å². The maximum absolute atomic E-state index is 9.64. The highest BCUT2D eigenvalue weighted by atomic mass is 16.5. The number of nitrogens with one attached hydrogen (secondary N) is 1. The van der Waals surface area contributed by atoms with Crippen LogP contribution in [0.1, 0.15) is 26.2 Å². The van der Waals surface area contributed by atoms with Gasteiger partial charge in [0.25, 0.3) is 0 Å². The van der Waals surface area contributed by atoms with E-state index in [0.29, 0.717) is 19.3 Å². The van der Waals surface area contributed by atoms with E-state index in [1.807, 2.05) is 0 Å². The Morgan fingerprint density at radius 2 is 2.06 bits per heavy atom. The van der Waals surface area contributed by atoms with Crippen molar-refractivity contribution in [3.63, 3.8) is 0 Å². The fourth-order valence-corrected chi connectivity index (χ4v) is 2.65. The van der Waals surface area contributed by atoms with E-state index in [2.05, 4.69) is 17.1 Å². The Bertz CT molecular complexity index is 207. The molecule has 2 N–H and O–H groups in total. The molecule has 0 aliphatic carbocycles. The van der Waals surface area contributed by atoms with Crippen molar-refractivity contribution in [1.29, 1.82) is 0 Å². The van der Waals surface area contributed by atoms with Gasteiger partial charge in [0.05, 0.1) is 25.4 Å². The van der Waals surface area contributed by atoms with E-state index < -0.39 is 0 Å². The standard InChI is InChI=1S/C12H24N2O2/c1-10(7-14-5-3-2-4-6-14)13-11-8-16-9-12(11)15/h10-13,15H,2-9H2,1H3. The third-order valence-electron chi connectivity index (χ3n) is 3.53. The molecular formula is C12H24N2O2. The molecule has 0 aromatic carbocycles. The molecule has 2 saturated heterocycles.